The molecule has 0 aliphatic rings. The number of aromatic nitrogens is 2. The molecule has 0 saturated heterocycles. The first-order valence-corrected chi connectivity index (χ1v) is 8.24. The monoisotopic (exact) mass is 343 g/mol. The minimum atomic E-state index is -0.433. The van der Waals surface area contributed by atoms with Gasteiger partial charge in [0.2, 0.25) is 5.91 Å². The fourth-order valence-corrected chi connectivity index (χ4v) is 1.92. The van der Waals surface area contributed by atoms with E-state index < -0.39 is 5.41 Å². The highest BCUT2D eigenvalue weighted by molar-refractivity contribution is 5.94. The number of hydrogen-bond donors (Lipinski definition) is 4. The highest BCUT2D eigenvalue weighted by atomic mass is 16.3. The van der Waals surface area contributed by atoms with Crippen LogP contribution in [0.2, 0.25) is 0 Å². The van der Waals surface area contributed by atoms with E-state index in [4.69, 9.17) is 5.11 Å². The summed E-state index contributed by atoms with van der Waals surface area (Å²) >= 11 is 0. The topological polar surface area (TPSA) is 99.2 Å². The van der Waals surface area contributed by atoms with Crippen molar-refractivity contribution in [2.45, 2.75) is 27.2 Å². The Morgan fingerprint density at radius 3 is 2.36 bits per heavy atom. The largest absolute Gasteiger partial charge is 0.396 e. The van der Waals surface area contributed by atoms with Crippen molar-refractivity contribution in [1.29, 1.82) is 0 Å². The number of carbonyl (C=O) groups excluding carboxylic acids is 1. The predicted octanol–water partition coefficient (Wildman–Crippen LogP) is 3.00. The third-order valence-corrected chi connectivity index (χ3v) is 3.40. The summed E-state index contributed by atoms with van der Waals surface area (Å²) in [6, 6.07) is 9.23. The zero-order chi connectivity index (χ0) is 18.3. The van der Waals surface area contributed by atoms with Crippen LogP contribution in [0.25, 0.3) is 0 Å². The Balaban J connectivity index is 1.97. The smallest absolute Gasteiger partial charge is 0.229 e. The van der Waals surface area contributed by atoms with E-state index >= 15 is 0 Å². The molecule has 0 aliphatic heterocycles. The van der Waals surface area contributed by atoms with Crippen molar-refractivity contribution in [3.8, 4) is 0 Å². The van der Waals surface area contributed by atoms with Gasteiger partial charge >= 0.3 is 0 Å². The van der Waals surface area contributed by atoms with E-state index in [0.717, 1.165) is 11.4 Å². The fraction of sp³-hybridized carbons (Fsp3) is 0.389. The summed E-state index contributed by atoms with van der Waals surface area (Å²) in [6.45, 7) is 6.41. The molecule has 4 N–H and O–H groups in total. The maximum atomic E-state index is 12.0. The van der Waals surface area contributed by atoms with Crippen LogP contribution in [0.15, 0.2) is 36.7 Å². The lowest BCUT2D eigenvalue weighted by molar-refractivity contribution is -0.123. The van der Waals surface area contributed by atoms with Gasteiger partial charge < -0.3 is 21.1 Å². The van der Waals surface area contributed by atoms with Crippen molar-refractivity contribution < 1.29 is 9.90 Å². The number of aliphatic hydroxyl groups excluding tert-OH is 1. The average molecular weight is 343 g/mol. The van der Waals surface area contributed by atoms with Crippen LogP contribution >= 0.6 is 0 Å². The summed E-state index contributed by atoms with van der Waals surface area (Å²) in [5, 5.41) is 18.0. The van der Waals surface area contributed by atoms with Gasteiger partial charge in [0.05, 0.1) is 0 Å². The maximum Gasteiger partial charge on any atom is 0.229 e. The zero-order valence-electron chi connectivity index (χ0n) is 14.8. The Morgan fingerprint density at radius 2 is 1.72 bits per heavy atom. The summed E-state index contributed by atoms with van der Waals surface area (Å²) in [6.07, 6.45) is 2.13. The van der Waals surface area contributed by atoms with E-state index in [1.165, 1.54) is 6.33 Å². The number of benzene rings is 1. The van der Waals surface area contributed by atoms with E-state index in [2.05, 4.69) is 25.9 Å². The summed E-state index contributed by atoms with van der Waals surface area (Å²) in [4.78, 5) is 20.3. The van der Waals surface area contributed by atoms with Crippen LogP contribution in [0.5, 0.6) is 0 Å². The third kappa shape index (κ3) is 6.04. The first-order valence-electron chi connectivity index (χ1n) is 8.24. The normalized spacial score (nSPS) is 11.0. The quantitative estimate of drug-likeness (QED) is 0.577. The predicted molar refractivity (Wildman–Crippen MR) is 100 cm³/mol. The summed E-state index contributed by atoms with van der Waals surface area (Å²) in [5.41, 5.74) is 1.17. The second kappa shape index (κ2) is 8.43. The molecule has 0 saturated carbocycles. The second-order valence-corrected chi connectivity index (χ2v) is 6.70. The number of rotatable bonds is 7. The van der Waals surface area contributed by atoms with Gasteiger partial charge in [-0.15, -0.1) is 0 Å². The van der Waals surface area contributed by atoms with Crippen LogP contribution in [0, 0.1) is 5.41 Å². The molecule has 0 atom stereocenters. The number of hydrogen-bond acceptors (Lipinski definition) is 6. The van der Waals surface area contributed by atoms with Crippen molar-refractivity contribution >= 4 is 28.9 Å². The number of nitrogens with zero attached hydrogens (tertiary/aromatic N) is 2. The SMILES string of the molecule is CC(C)(C)C(=O)Nc1ccc(Nc2cc(NCCCO)ncn2)cc1. The number of nitrogens with one attached hydrogen (secondary N) is 3. The van der Waals surface area contributed by atoms with E-state index in [1.54, 1.807) is 6.07 Å². The molecule has 1 aromatic heterocycles. The molecule has 2 aromatic rings. The lowest BCUT2D eigenvalue weighted by atomic mass is 9.95. The van der Waals surface area contributed by atoms with Crippen LogP contribution in [-0.2, 0) is 4.79 Å². The Bertz CT molecular complexity index is 695. The maximum absolute atomic E-state index is 12.0. The Kier molecular flexibility index (Phi) is 6.30. The number of anilines is 4. The molecule has 0 spiro atoms. The van der Waals surface area contributed by atoms with Crippen molar-refractivity contribution in [1.82, 2.24) is 9.97 Å². The average Bonchev–Trinajstić information content (AvgIpc) is 2.56. The minimum Gasteiger partial charge on any atom is -0.396 e. The molecule has 1 heterocycles. The standard InChI is InChI=1S/C18H25N5O2/c1-18(2,3)17(25)23-14-7-5-13(6-8-14)22-16-11-15(20-12-21-16)19-9-4-10-24/h5-8,11-12,24H,4,9-10H2,1-3H3,(H,23,25)(H2,19,20,21,22). The van der Waals surface area contributed by atoms with Gasteiger partial charge in [-0.2, -0.15) is 0 Å². The van der Waals surface area contributed by atoms with Crippen LogP contribution < -0.4 is 16.0 Å². The van der Waals surface area contributed by atoms with E-state index in [1.807, 2.05) is 45.0 Å². The summed E-state index contributed by atoms with van der Waals surface area (Å²) < 4.78 is 0. The Morgan fingerprint density at radius 1 is 1.08 bits per heavy atom. The molecular weight excluding hydrogens is 318 g/mol. The van der Waals surface area contributed by atoms with E-state index in [9.17, 15) is 4.79 Å². The molecule has 134 valence electrons. The molecule has 0 unspecified atom stereocenters. The van der Waals surface area contributed by atoms with Gasteiger partial charge in [0.25, 0.3) is 0 Å². The van der Waals surface area contributed by atoms with Crippen molar-refractivity contribution in [2.75, 3.05) is 29.1 Å². The molecule has 0 bridgehead atoms. The summed E-state index contributed by atoms with van der Waals surface area (Å²) in [5.74, 6) is 1.33. The van der Waals surface area contributed by atoms with Gasteiger partial charge in [-0.3, -0.25) is 4.79 Å². The van der Waals surface area contributed by atoms with E-state index in [0.29, 0.717) is 24.6 Å². The molecule has 0 aliphatic carbocycles. The Labute approximate surface area is 147 Å². The van der Waals surface area contributed by atoms with Crippen molar-refractivity contribution in [3.63, 3.8) is 0 Å². The number of aliphatic hydroxyl groups is 1. The molecule has 7 nitrogen and oxygen atoms in total. The first kappa shape index (κ1) is 18.7. The molecule has 0 fully saturated rings. The lowest BCUT2D eigenvalue weighted by Crippen LogP contribution is -2.27. The van der Waals surface area contributed by atoms with Gasteiger partial charge in [-0.25, -0.2) is 9.97 Å². The van der Waals surface area contributed by atoms with E-state index in [-0.39, 0.29) is 12.5 Å². The Hall–Kier alpha value is -2.67. The molecule has 25 heavy (non-hydrogen) atoms. The lowest BCUT2D eigenvalue weighted by Gasteiger charge is -2.17. The molecule has 2 rings (SSSR count). The highest BCUT2D eigenvalue weighted by Crippen LogP contribution is 2.21. The molecule has 1 aromatic carbocycles. The molecular formula is C18H25N5O2. The second-order valence-electron chi connectivity index (χ2n) is 6.70. The van der Waals surface area contributed by atoms with Gasteiger partial charge in [-0.1, -0.05) is 20.8 Å². The number of carbonyl (C=O) groups is 1. The van der Waals surface area contributed by atoms with Crippen LogP contribution in [0.4, 0.5) is 23.0 Å². The van der Waals surface area contributed by atoms with Crippen LogP contribution in [0.1, 0.15) is 27.2 Å². The van der Waals surface area contributed by atoms with Gasteiger partial charge in [0, 0.05) is 36.0 Å². The van der Waals surface area contributed by atoms with Gasteiger partial charge in [0.15, 0.2) is 0 Å². The van der Waals surface area contributed by atoms with Crippen LogP contribution in [0.3, 0.4) is 0 Å². The highest BCUT2D eigenvalue weighted by Gasteiger charge is 2.20. The van der Waals surface area contributed by atoms with Gasteiger partial charge in [0.1, 0.15) is 18.0 Å². The van der Waals surface area contributed by atoms with Crippen molar-refractivity contribution in [3.05, 3.63) is 36.7 Å². The zero-order valence-corrected chi connectivity index (χ0v) is 14.8. The molecule has 0 radical (unpaired) electrons. The molecule has 1 amide bonds. The minimum absolute atomic E-state index is 0.0254. The van der Waals surface area contributed by atoms with Gasteiger partial charge in [-0.05, 0) is 30.7 Å². The van der Waals surface area contributed by atoms with Crippen LogP contribution in [-0.4, -0.2) is 34.1 Å². The summed E-state index contributed by atoms with van der Waals surface area (Å²) in [7, 11) is 0. The first-order chi connectivity index (χ1) is 11.9. The third-order valence-electron chi connectivity index (χ3n) is 3.40. The van der Waals surface area contributed by atoms with Crippen molar-refractivity contribution in [2.24, 2.45) is 5.41 Å². The fourth-order valence-electron chi connectivity index (χ4n) is 1.92. The number of amides is 1. The molecule has 7 heteroatoms.